The predicted octanol–water partition coefficient (Wildman–Crippen LogP) is 5.64. The van der Waals surface area contributed by atoms with Crippen LogP contribution in [-0.2, 0) is 6.18 Å². The van der Waals surface area contributed by atoms with Gasteiger partial charge < -0.3 is 20.2 Å². The quantitative estimate of drug-likeness (QED) is 0.462. The third kappa shape index (κ3) is 5.08. The average Bonchev–Trinajstić information content (AvgIpc) is 3.47. The van der Waals surface area contributed by atoms with Gasteiger partial charge >= 0.3 is 12.3 Å². The van der Waals surface area contributed by atoms with Gasteiger partial charge in [0.25, 0.3) is 0 Å². The van der Waals surface area contributed by atoms with E-state index in [-0.39, 0.29) is 11.4 Å². The summed E-state index contributed by atoms with van der Waals surface area (Å²) in [6.45, 7) is 4.78. The fourth-order valence-electron chi connectivity index (χ4n) is 4.93. The number of nitrogens with one attached hydrogen (secondary N) is 1. The van der Waals surface area contributed by atoms with E-state index in [1.165, 1.54) is 4.90 Å². The minimum absolute atomic E-state index is 0.0670. The number of nitrogens with zero attached hydrogens (tertiary/aromatic N) is 5. The lowest BCUT2D eigenvalue weighted by molar-refractivity contribution is -0.141. The molecule has 0 bridgehead atoms. The lowest BCUT2D eigenvalue weighted by atomic mass is 9.78. The zero-order valence-corrected chi connectivity index (χ0v) is 20.4. The van der Waals surface area contributed by atoms with Gasteiger partial charge in [0.15, 0.2) is 5.13 Å². The molecule has 2 aromatic heterocycles. The van der Waals surface area contributed by atoms with Crippen LogP contribution >= 0.6 is 11.3 Å². The van der Waals surface area contributed by atoms with Crippen molar-refractivity contribution in [1.82, 2.24) is 19.9 Å². The van der Waals surface area contributed by atoms with E-state index in [1.807, 2.05) is 31.3 Å². The van der Waals surface area contributed by atoms with Crippen LogP contribution in [0.3, 0.4) is 0 Å². The highest BCUT2D eigenvalue weighted by atomic mass is 32.1. The van der Waals surface area contributed by atoms with Crippen LogP contribution in [0.25, 0.3) is 10.4 Å². The summed E-state index contributed by atoms with van der Waals surface area (Å²) in [7, 11) is 0. The van der Waals surface area contributed by atoms with Crippen molar-refractivity contribution in [3.05, 3.63) is 47.9 Å². The second-order valence-electron chi connectivity index (χ2n) is 9.42. The SMILES string of the molecule is Cc1cc(Nc2nccc(C(F)(F)F)n2)cc(-c2cnc(N3CCC4(CCN(C(=O)O)C4)CC3)s2)c1. The number of aryl methyl sites for hydroxylation is 1. The average molecular weight is 519 g/mol. The van der Waals surface area contributed by atoms with Gasteiger partial charge in [0.2, 0.25) is 5.95 Å². The van der Waals surface area contributed by atoms with E-state index < -0.39 is 18.0 Å². The van der Waals surface area contributed by atoms with Crippen molar-refractivity contribution in [2.45, 2.75) is 32.4 Å². The zero-order chi connectivity index (χ0) is 25.5. The predicted molar refractivity (Wildman–Crippen MR) is 131 cm³/mol. The number of aromatic nitrogens is 3. The monoisotopic (exact) mass is 518 g/mol. The maximum Gasteiger partial charge on any atom is 0.433 e. The van der Waals surface area contributed by atoms with E-state index in [0.717, 1.165) is 65.8 Å². The topological polar surface area (TPSA) is 94.5 Å². The van der Waals surface area contributed by atoms with E-state index in [0.29, 0.717) is 18.8 Å². The molecule has 8 nitrogen and oxygen atoms in total. The van der Waals surface area contributed by atoms with Crippen molar-refractivity contribution in [3.63, 3.8) is 0 Å². The first-order valence-corrected chi connectivity index (χ1v) is 12.4. The Hall–Kier alpha value is -3.41. The molecule has 2 saturated heterocycles. The van der Waals surface area contributed by atoms with Crippen molar-refractivity contribution in [3.8, 4) is 10.4 Å². The van der Waals surface area contributed by atoms with E-state index in [4.69, 9.17) is 0 Å². The Morgan fingerprint density at radius 2 is 1.89 bits per heavy atom. The van der Waals surface area contributed by atoms with Crippen molar-refractivity contribution >= 4 is 34.2 Å². The molecule has 2 N–H and O–H groups in total. The van der Waals surface area contributed by atoms with E-state index in [2.05, 4.69) is 25.2 Å². The van der Waals surface area contributed by atoms with E-state index in [9.17, 15) is 23.1 Å². The molecule has 1 spiro atoms. The van der Waals surface area contributed by atoms with Crippen molar-refractivity contribution < 1.29 is 23.1 Å². The van der Waals surface area contributed by atoms with Crippen molar-refractivity contribution in [1.29, 1.82) is 0 Å². The van der Waals surface area contributed by atoms with Crippen molar-refractivity contribution in [2.75, 3.05) is 36.4 Å². The summed E-state index contributed by atoms with van der Waals surface area (Å²) < 4.78 is 39.0. The van der Waals surface area contributed by atoms with Gasteiger partial charge in [-0.15, -0.1) is 0 Å². The van der Waals surface area contributed by atoms with Crippen LogP contribution < -0.4 is 10.2 Å². The van der Waals surface area contributed by atoms with Crippen LogP contribution in [0.5, 0.6) is 0 Å². The number of rotatable bonds is 4. The van der Waals surface area contributed by atoms with Gasteiger partial charge in [-0.3, -0.25) is 0 Å². The Bertz CT molecular complexity index is 1270. The first-order chi connectivity index (χ1) is 17.1. The summed E-state index contributed by atoms with van der Waals surface area (Å²) in [5.41, 5.74) is 1.48. The van der Waals surface area contributed by atoms with Gasteiger partial charge in [-0.2, -0.15) is 13.2 Å². The highest BCUT2D eigenvalue weighted by Gasteiger charge is 2.42. The van der Waals surface area contributed by atoms with E-state index >= 15 is 0 Å². The van der Waals surface area contributed by atoms with Gasteiger partial charge in [-0.05, 0) is 60.9 Å². The number of halogens is 3. The van der Waals surface area contributed by atoms with E-state index in [1.54, 1.807) is 11.3 Å². The lowest BCUT2D eigenvalue weighted by Crippen LogP contribution is -2.42. The number of anilines is 3. The molecule has 0 unspecified atom stereocenters. The van der Waals surface area contributed by atoms with Gasteiger partial charge in [0.1, 0.15) is 5.69 Å². The Morgan fingerprint density at radius 3 is 2.58 bits per heavy atom. The number of amides is 1. The second-order valence-corrected chi connectivity index (χ2v) is 10.4. The lowest BCUT2D eigenvalue weighted by Gasteiger charge is -2.39. The molecule has 5 rings (SSSR count). The number of carboxylic acid groups (broad SMARTS) is 1. The molecule has 4 heterocycles. The molecule has 3 aromatic rings. The molecule has 12 heteroatoms. The normalized spacial score (nSPS) is 17.6. The molecule has 0 saturated carbocycles. The summed E-state index contributed by atoms with van der Waals surface area (Å²) in [5, 5.41) is 13.1. The molecule has 190 valence electrons. The van der Waals surface area contributed by atoms with Crippen molar-refractivity contribution in [2.24, 2.45) is 5.41 Å². The number of likely N-dealkylation sites (tertiary alicyclic amines) is 1. The molecule has 2 fully saturated rings. The van der Waals surface area contributed by atoms with Crippen LogP contribution in [0.1, 0.15) is 30.5 Å². The summed E-state index contributed by atoms with van der Waals surface area (Å²) in [5.74, 6) is -0.123. The molecular weight excluding hydrogens is 493 g/mol. The number of hydrogen-bond donors (Lipinski definition) is 2. The van der Waals surface area contributed by atoms with Gasteiger partial charge in [-0.1, -0.05) is 17.4 Å². The van der Waals surface area contributed by atoms with Crippen LogP contribution in [0.2, 0.25) is 0 Å². The summed E-state index contributed by atoms with van der Waals surface area (Å²) >= 11 is 1.56. The second kappa shape index (κ2) is 9.23. The number of alkyl halides is 3. The third-order valence-corrected chi connectivity index (χ3v) is 7.97. The molecular formula is C24H25F3N6O2S. The molecule has 0 radical (unpaired) electrons. The maximum absolute atomic E-state index is 13.0. The minimum atomic E-state index is -4.54. The van der Waals surface area contributed by atoms with Gasteiger partial charge in [-0.25, -0.2) is 19.7 Å². The Morgan fingerprint density at radius 1 is 1.14 bits per heavy atom. The number of hydrogen-bond acceptors (Lipinski definition) is 7. The fourth-order valence-corrected chi connectivity index (χ4v) is 5.88. The standard InChI is InChI=1S/C24H25F3N6O2S/c1-15-10-16(12-17(11-15)30-20-28-6-2-19(31-20)24(25,26)27)18-13-29-21(36-18)32-7-3-23(4-8-32)5-9-33(14-23)22(34)35/h2,6,10-13H,3-5,7-9,14H2,1H3,(H,34,35)(H,28,30,31). The molecule has 1 amide bonds. The highest BCUT2D eigenvalue weighted by Crippen LogP contribution is 2.42. The number of benzene rings is 1. The first-order valence-electron chi connectivity index (χ1n) is 11.6. The zero-order valence-electron chi connectivity index (χ0n) is 19.5. The summed E-state index contributed by atoms with van der Waals surface area (Å²) in [4.78, 5) is 28.1. The van der Waals surface area contributed by atoms with Crippen LogP contribution in [0, 0.1) is 12.3 Å². The third-order valence-electron chi connectivity index (χ3n) is 6.86. The summed E-state index contributed by atoms with van der Waals surface area (Å²) in [6, 6.07) is 6.50. The minimum Gasteiger partial charge on any atom is -0.465 e. The maximum atomic E-state index is 13.0. The molecule has 0 aliphatic carbocycles. The van der Waals surface area contributed by atoms with Gasteiger partial charge in [0, 0.05) is 44.3 Å². The molecule has 2 aliphatic rings. The number of carbonyl (C=O) groups is 1. The molecule has 1 aromatic carbocycles. The van der Waals surface area contributed by atoms with Crippen LogP contribution in [0.15, 0.2) is 36.7 Å². The van der Waals surface area contributed by atoms with Crippen LogP contribution in [-0.4, -0.2) is 57.2 Å². The smallest absolute Gasteiger partial charge is 0.433 e. The first kappa shape index (κ1) is 24.3. The highest BCUT2D eigenvalue weighted by molar-refractivity contribution is 7.18. The van der Waals surface area contributed by atoms with Gasteiger partial charge in [0.05, 0.1) is 4.88 Å². The van der Waals surface area contributed by atoms with Crippen LogP contribution in [0.4, 0.5) is 34.7 Å². The molecule has 0 atom stereocenters. The Labute approximate surface area is 209 Å². The molecule has 2 aliphatic heterocycles. The number of piperidine rings is 1. The molecule has 36 heavy (non-hydrogen) atoms. The fraction of sp³-hybridized carbons (Fsp3) is 0.417. The largest absolute Gasteiger partial charge is 0.465 e. The Balaban J connectivity index is 1.29. The Kier molecular flexibility index (Phi) is 6.23. The summed E-state index contributed by atoms with van der Waals surface area (Å²) in [6.07, 6.45) is 0.277. The number of thiazole rings is 1.